The summed E-state index contributed by atoms with van der Waals surface area (Å²) >= 11 is 0. The van der Waals surface area contributed by atoms with Crippen LogP contribution in [0.15, 0.2) is 54.6 Å². The Bertz CT molecular complexity index is 2750. The van der Waals surface area contributed by atoms with E-state index in [2.05, 4.69) is 52.0 Å². The van der Waals surface area contributed by atoms with Gasteiger partial charge in [-0.25, -0.2) is 15.1 Å². The van der Waals surface area contributed by atoms with Crippen LogP contribution in [0.2, 0.25) is 0 Å². The third kappa shape index (κ3) is 13.3. The number of carbonyl (C=O) groups is 5. The zero-order valence-electron chi connectivity index (χ0n) is 40.0. The van der Waals surface area contributed by atoms with Crippen LogP contribution in [-0.4, -0.2) is 122 Å². The number of nitrogens with one attached hydrogen (secondary N) is 5. The monoisotopic (exact) mass is 984 g/mol. The van der Waals surface area contributed by atoms with Gasteiger partial charge < -0.3 is 52.2 Å². The van der Waals surface area contributed by atoms with Gasteiger partial charge in [-0.15, -0.1) is 0 Å². The first-order valence-corrected chi connectivity index (χ1v) is 23.7. The third-order valence-corrected chi connectivity index (χ3v) is 11.8. The number of aryl methyl sites for hydroxylation is 2. The Morgan fingerprint density at radius 3 is 2.16 bits per heavy atom. The van der Waals surface area contributed by atoms with Crippen molar-refractivity contribution in [3.8, 4) is 45.8 Å². The van der Waals surface area contributed by atoms with Gasteiger partial charge in [0.05, 0.1) is 23.0 Å². The van der Waals surface area contributed by atoms with Crippen LogP contribution in [0.3, 0.4) is 0 Å². The van der Waals surface area contributed by atoms with Gasteiger partial charge in [-0.2, -0.15) is 18.4 Å². The van der Waals surface area contributed by atoms with Gasteiger partial charge in [0.2, 0.25) is 23.6 Å². The minimum absolute atomic E-state index is 0.000776. The van der Waals surface area contributed by atoms with Crippen molar-refractivity contribution in [1.29, 1.82) is 5.26 Å². The lowest BCUT2D eigenvalue weighted by Crippen LogP contribution is -2.57. The molecule has 0 saturated carbocycles. The van der Waals surface area contributed by atoms with E-state index < -0.39 is 76.2 Å². The van der Waals surface area contributed by atoms with Crippen molar-refractivity contribution < 1.29 is 47.0 Å². The van der Waals surface area contributed by atoms with Crippen LogP contribution in [0, 0.1) is 25.2 Å². The number of hydrogen-bond acceptors (Lipinski definition) is 15. The molecule has 4 atom stereocenters. The van der Waals surface area contributed by atoms with Crippen molar-refractivity contribution in [2.45, 2.75) is 77.5 Å². The van der Waals surface area contributed by atoms with Crippen LogP contribution in [0.4, 0.5) is 0 Å². The molecule has 1 aliphatic rings. The van der Waals surface area contributed by atoms with Gasteiger partial charge in [0.1, 0.15) is 49.7 Å². The molecule has 22 nitrogen and oxygen atoms in total. The van der Waals surface area contributed by atoms with E-state index in [0.717, 1.165) is 10.5 Å². The number of phenols is 1. The highest BCUT2D eigenvalue weighted by molar-refractivity contribution is 7.87. The molecule has 374 valence electrons. The molecule has 4 aromatic rings. The number of rotatable bonds is 16. The number of hydrogen-bond donors (Lipinski definition) is 9. The number of aromatic hydroxyl groups is 1. The Balaban J connectivity index is 1.64. The van der Waals surface area contributed by atoms with Crippen LogP contribution in [0.5, 0.6) is 17.2 Å². The largest absolute Gasteiger partial charge is 0.504 e. The molecule has 5 amide bonds. The van der Waals surface area contributed by atoms with E-state index in [1.807, 2.05) is 35.1 Å². The highest BCUT2D eigenvalue weighted by atomic mass is 32.2. The molecule has 2 heterocycles. The van der Waals surface area contributed by atoms with Crippen LogP contribution < -0.4 is 52.1 Å². The fourth-order valence-corrected chi connectivity index (χ4v) is 8.08. The highest BCUT2D eigenvalue weighted by Gasteiger charge is 2.37. The zero-order valence-corrected chi connectivity index (χ0v) is 40.8. The Hall–Kier alpha value is -7.23. The van der Waals surface area contributed by atoms with E-state index >= 15 is 0 Å². The fourth-order valence-electron chi connectivity index (χ4n) is 7.68. The Kier molecular flexibility index (Phi) is 17.6. The molecule has 0 spiro atoms. The summed E-state index contributed by atoms with van der Waals surface area (Å²) in [4.78, 5) is 81.1. The van der Waals surface area contributed by atoms with Crippen molar-refractivity contribution in [1.82, 2.24) is 40.9 Å². The van der Waals surface area contributed by atoms with Crippen LogP contribution >= 0.6 is 0 Å². The second kappa shape index (κ2) is 22.9. The number of nitriles is 1. The third-order valence-electron chi connectivity index (χ3n) is 11.2. The molecular formula is C47H60N12O10S. The lowest BCUT2D eigenvalue weighted by atomic mass is 9.86. The maximum atomic E-state index is 14.9. The van der Waals surface area contributed by atoms with E-state index in [1.54, 1.807) is 32.0 Å². The molecule has 5 rings (SSSR count). The molecule has 0 unspecified atom stereocenters. The predicted molar refractivity (Wildman–Crippen MR) is 258 cm³/mol. The summed E-state index contributed by atoms with van der Waals surface area (Å²) in [6, 6.07) is 10.8. The molecule has 23 heteroatoms. The maximum absolute atomic E-state index is 14.9. The number of nitrogens with zero attached hydrogens (tertiary/aromatic N) is 4. The summed E-state index contributed by atoms with van der Waals surface area (Å²) in [6.45, 7) is 9.58. The number of likely N-dealkylation sites (N-methyl/N-ethyl adjacent to an activating group) is 1. The summed E-state index contributed by atoms with van der Waals surface area (Å²) in [5.74, 6) is -4.48. The van der Waals surface area contributed by atoms with Gasteiger partial charge in [0, 0.05) is 49.8 Å². The number of fused-ring (bicyclic) bond motifs is 5. The first-order valence-electron chi connectivity index (χ1n) is 22.2. The van der Waals surface area contributed by atoms with Crippen molar-refractivity contribution in [3.05, 3.63) is 88.2 Å². The molecule has 1 aliphatic heterocycles. The molecule has 0 fully saturated rings. The second-order valence-corrected chi connectivity index (χ2v) is 19.0. The number of phenolic OH excluding ortho intramolecular Hbond substituents is 1. The van der Waals surface area contributed by atoms with Crippen molar-refractivity contribution in [2.24, 2.45) is 16.6 Å². The van der Waals surface area contributed by atoms with Crippen molar-refractivity contribution >= 4 is 39.7 Å². The number of nitrogens with two attached hydrogens (primary N) is 3. The second-order valence-electron chi connectivity index (χ2n) is 17.6. The Labute approximate surface area is 406 Å². The van der Waals surface area contributed by atoms with Gasteiger partial charge in [0.15, 0.2) is 17.3 Å². The number of benzene rings is 3. The van der Waals surface area contributed by atoms with Crippen LogP contribution in [0.25, 0.3) is 22.5 Å². The van der Waals surface area contributed by atoms with Crippen molar-refractivity contribution in [2.75, 3.05) is 46.4 Å². The number of ether oxygens (including phenoxy) is 2. The van der Waals surface area contributed by atoms with Gasteiger partial charge >= 0.3 is 0 Å². The van der Waals surface area contributed by atoms with Crippen LogP contribution in [0.1, 0.15) is 72.2 Å². The topological polar surface area (TPSA) is 349 Å². The highest BCUT2D eigenvalue weighted by Crippen LogP contribution is 2.44. The molecule has 4 bridgehead atoms. The standard InChI is InChI=1S/C47H60N12O10S/c1-25-38(26(2)55-41(54-25)29-9-11-31(12-10-29)47(4,5)6)44(63)58-35(24-53-70(51,66)67)46(65)59(7)39-30-22-33(40(60)37(23-30)69-19-16-50)32-20-28(8-13-36(32)68-18-15-49)21-34(43(62)52-17-14-48)57-42(61)27(3)56-45(39)64/h8-13,20,22-23,27,34-35,39,53,60H,15-19,21,24,49-50H2,1-7H3,(H,52,62)(H,56,64)(H,57,61)(H,58,63)(H2,51,66,67)/t27-,34-,35-,39-/m0/s1. The van der Waals surface area contributed by atoms with Gasteiger partial charge in [-0.05, 0) is 67.1 Å². The number of aromatic nitrogens is 2. The molecule has 70 heavy (non-hydrogen) atoms. The van der Waals surface area contributed by atoms with E-state index in [1.165, 1.54) is 26.1 Å². The van der Waals surface area contributed by atoms with Gasteiger partial charge in [0.25, 0.3) is 16.1 Å². The summed E-state index contributed by atoms with van der Waals surface area (Å²) in [6.07, 6.45) is -0.120. The van der Waals surface area contributed by atoms with E-state index in [-0.39, 0.29) is 89.8 Å². The minimum Gasteiger partial charge on any atom is -0.504 e. The lowest BCUT2D eigenvalue weighted by molar-refractivity contribution is -0.141. The summed E-state index contributed by atoms with van der Waals surface area (Å²) in [5, 5.41) is 36.5. The molecular weight excluding hydrogens is 925 g/mol. The SMILES string of the molecule is Cc1nc(-c2ccc(C(C)(C)C)cc2)nc(C)c1C(=O)N[C@@H](CNS(N)(=O)=O)C(=O)N(C)[C@@H]1C(=O)N[C@@H](C)C(=O)N[C@H](C(=O)NCC#N)Cc2ccc(OCCN)c(c2)-c2cc1cc(OCCN)c2O. The molecule has 0 aliphatic carbocycles. The quantitative estimate of drug-likeness (QED) is 0.0686. The van der Waals surface area contributed by atoms with Crippen molar-refractivity contribution in [3.63, 3.8) is 0 Å². The normalized spacial score (nSPS) is 16.6. The number of carbonyl (C=O) groups excluding carboxylic acids is 5. The smallest absolute Gasteiger partial charge is 0.274 e. The zero-order chi connectivity index (χ0) is 51.7. The summed E-state index contributed by atoms with van der Waals surface area (Å²) in [7, 11) is -3.28. The van der Waals surface area contributed by atoms with E-state index in [0.29, 0.717) is 17.0 Å². The summed E-state index contributed by atoms with van der Waals surface area (Å²) < 4.78 is 38.5. The van der Waals surface area contributed by atoms with Gasteiger partial charge in [-0.3, -0.25) is 24.0 Å². The average Bonchev–Trinajstić information content (AvgIpc) is 3.29. The van der Waals surface area contributed by atoms with Crippen LogP contribution in [-0.2, 0) is 41.2 Å². The fraction of sp³-hybridized carbons (Fsp3) is 0.404. The Morgan fingerprint density at radius 2 is 1.57 bits per heavy atom. The molecule has 12 N–H and O–H groups in total. The van der Waals surface area contributed by atoms with Gasteiger partial charge in [-0.1, -0.05) is 51.1 Å². The average molecular weight is 985 g/mol. The maximum Gasteiger partial charge on any atom is 0.274 e. The lowest BCUT2D eigenvalue weighted by Gasteiger charge is -2.33. The summed E-state index contributed by atoms with van der Waals surface area (Å²) in [5.41, 5.74) is 14.4. The number of amides is 5. The first kappa shape index (κ1) is 53.7. The first-order chi connectivity index (χ1) is 33.0. The van der Waals surface area contributed by atoms with E-state index in [9.17, 15) is 37.5 Å². The molecule has 3 aromatic carbocycles. The molecule has 0 saturated heterocycles. The minimum atomic E-state index is -4.48. The van der Waals surface area contributed by atoms with E-state index in [4.69, 9.17) is 31.3 Å². The Morgan fingerprint density at radius 1 is 0.943 bits per heavy atom. The predicted octanol–water partition coefficient (Wildman–Crippen LogP) is 0.382. The molecule has 1 aromatic heterocycles. The molecule has 0 radical (unpaired) electrons.